The molecule has 0 aliphatic heterocycles. The van der Waals surface area contributed by atoms with Crippen LogP contribution in [0.2, 0.25) is 0 Å². The maximum Gasteiger partial charge on any atom is 0.256 e. The maximum absolute atomic E-state index is 12.7. The first-order valence-electron chi connectivity index (χ1n) is 8.98. The van der Waals surface area contributed by atoms with Crippen LogP contribution in [-0.2, 0) is 9.53 Å². The molecule has 0 unspecified atom stereocenters. The summed E-state index contributed by atoms with van der Waals surface area (Å²) in [4.78, 5) is 12.7. The molecule has 25 heavy (non-hydrogen) atoms. The van der Waals surface area contributed by atoms with Crippen LogP contribution in [0.3, 0.4) is 0 Å². The van der Waals surface area contributed by atoms with Gasteiger partial charge in [-0.3, -0.25) is 4.79 Å². The van der Waals surface area contributed by atoms with Gasteiger partial charge in [0.15, 0.2) is 0 Å². The molecule has 0 aromatic heterocycles. The number of anilines is 1. The van der Waals surface area contributed by atoms with E-state index in [1.54, 1.807) is 18.2 Å². The van der Waals surface area contributed by atoms with Gasteiger partial charge in [-0.25, -0.2) is 0 Å². The van der Waals surface area contributed by atoms with E-state index in [2.05, 4.69) is 18.3 Å². The molecule has 0 saturated carbocycles. The normalized spacial score (nSPS) is 13.2. The van der Waals surface area contributed by atoms with E-state index in [1.807, 2.05) is 27.7 Å². The van der Waals surface area contributed by atoms with Crippen molar-refractivity contribution in [3.63, 3.8) is 0 Å². The zero-order valence-corrected chi connectivity index (χ0v) is 16.0. The first-order chi connectivity index (χ1) is 11.9. The van der Waals surface area contributed by atoms with E-state index in [0.29, 0.717) is 42.6 Å². The lowest BCUT2D eigenvalue weighted by Gasteiger charge is -2.28. The predicted molar refractivity (Wildman–Crippen MR) is 99.7 cm³/mol. The minimum absolute atomic E-state index is 0.192. The third kappa shape index (κ3) is 6.39. The number of nitriles is 1. The standard InChI is InChI=1S/C20H30N2O3/c1-6-8-11-20(5,25-7-2)19(23)22-17-9-10-18(16(12-17)13-21)24-14-15(3)4/h9-10,12,15H,6-8,11,14H2,1-5H3,(H,22,23)/t20-/m1/s1. The molecule has 138 valence electrons. The molecule has 5 heteroatoms. The second kappa shape index (κ2) is 10.0. The number of unbranched alkanes of at least 4 members (excludes halogenated alkanes) is 1. The van der Waals surface area contributed by atoms with Crippen molar-refractivity contribution in [1.82, 2.24) is 0 Å². The van der Waals surface area contributed by atoms with Crippen LogP contribution in [0.4, 0.5) is 5.69 Å². The van der Waals surface area contributed by atoms with E-state index < -0.39 is 5.60 Å². The van der Waals surface area contributed by atoms with Crippen molar-refractivity contribution in [3.8, 4) is 11.8 Å². The van der Waals surface area contributed by atoms with Crippen LogP contribution < -0.4 is 10.1 Å². The van der Waals surface area contributed by atoms with Crippen molar-refractivity contribution in [2.75, 3.05) is 18.5 Å². The molecule has 5 nitrogen and oxygen atoms in total. The van der Waals surface area contributed by atoms with Gasteiger partial charge in [-0.2, -0.15) is 5.26 Å². The van der Waals surface area contributed by atoms with Crippen molar-refractivity contribution in [3.05, 3.63) is 23.8 Å². The highest BCUT2D eigenvalue weighted by molar-refractivity contribution is 5.97. The fourth-order valence-corrected chi connectivity index (χ4v) is 2.42. The van der Waals surface area contributed by atoms with E-state index in [0.717, 1.165) is 12.8 Å². The van der Waals surface area contributed by atoms with Crippen molar-refractivity contribution >= 4 is 11.6 Å². The summed E-state index contributed by atoms with van der Waals surface area (Å²) in [6.07, 6.45) is 2.57. The number of amides is 1. The second-order valence-electron chi connectivity index (χ2n) is 6.75. The van der Waals surface area contributed by atoms with Gasteiger partial charge in [-0.05, 0) is 44.4 Å². The number of benzene rings is 1. The van der Waals surface area contributed by atoms with E-state index >= 15 is 0 Å². The Labute approximate surface area is 151 Å². The predicted octanol–water partition coefficient (Wildman–Crippen LogP) is 4.52. The Kier molecular flexibility index (Phi) is 8.44. The van der Waals surface area contributed by atoms with Crippen LogP contribution in [0.15, 0.2) is 18.2 Å². The van der Waals surface area contributed by atoms with Gasteiger partial charge in [0.25, 0.3) is 5.91 Å². The van der Waals surface area contributed by atoms with Gasteiger partial charge in [0.2, 0.25) is 0 Å². The second-order valence-corrected chi connectivity index (χ2v) is 6.75. The monoisotopic (exact) mass is 346 g/mol. The highest BCUT2D eigenvalue weighted by Crippen LogP contribution is 2.25. The van der Waals surface area contributed by atoms with Crippen LogP contribution in [-0.4, -0.2) is 24.7 Å². The molecule has 1 amide bonds. The molecule has 0 radical (unpaired) electrons. The average Bonchev–Trinajstić information content (AvgIpc) is 2.58. The van der Waals surface area contributed by atoms with E-state index in [4.69, 9.17) is 9.47 Å². The van der Waals surface area contributed by atoms with Gasteiger partial charge < -0.3 is 14.8 Å². The summed E-state index contributed by atoms with van der Waals surface area (Å²) in [6, 6.07) is 7.24. The molecule has 0 fully saturated rings. The minimum Gasteiger partial charge on any atom is -0.492 e. The lowest BCUT2D eigenvalue weighted by molar-refractivity contribution is -0.139. The van der Waals surface area contributed by atoms with Crippen LogP contribution in [0.1, 0.15) is 59.4 Å². The third-order valence-corrected chi connectivity index (χ3v) is 3.88. The highest BCUT2D eigenvalue weighted by Gasteiger charge is 2.33. The zero-order chi connectivity index (χ0) is 18.9. The molecule has 1 rings (SSSR count). The Morgan fingerprint density at radius 3 is 2.64 bits per heavy atom. The molecule has 0 heterocycles. The molecule has 0 bridgehead atoms. The summed E-state index contributed by atoms with van der Waals surface area (Å²) >= 11 is 0. The Hall–Kier alpha value is -2.06. The maximum atomic E-state index is 12.7. The molecule has 1 atom stereocenters. The van der Waals surface area contributed by atoms with Crippen molar-refractivity contribution < 1.29 is 14.3 Å². The Morgan fingerprint density at radius 1 is 1.36 bits per heavy atom. The number of hydrogen-bond acceptors (Lipinski definition) is 4. The average molecular weight is 346 g/mol. The van der Waals surface area contributed by atoms with Crippen molar-refractivity contribution in [1.29, 1.82) is 5.26 Å². The largest absolute Gasteiger partial charge is 0.492 e. The fraction of sp³-hybridized carbons (Fsp3) is 0.600. The van der Waals surface area contributed by atoms with Crippen LogP contribution >= 0.6 is 0 Å². The van der Waals surface area contributed by atoms with Gasteiger partial charge in [-0.15, -0.1) is 0 Å². The van der Waals surface area contributed by atoms with Crippen LogP contribution in [0.25, 0.3) is 0 Å². The lowest BCUT2D eigenvalue weighted by atomic mass is 9.97. The van der Waals surface area contributed by atoms with Gasteiger partial charge in [0, 0.05) is 12.3 Å². The summed E-state index contributed by atoms with van der Waals surface area (Å²) in [5, 5.41) is 12.2. The number of carbonyl (C=O) groups excluding carboxylic acids is 1. The van der Waals surface area contributed by atoms with E-state index in [1.165, 1.54) is 0 Å². The van der Waals surface area contributed by atoms with Gasteiger partial charge in [-0.1, -0.05) is 33.6 Å². The molecular weight excluding hydrogens is 316 g/mol. The minimum atomic E-state index is -0.871. The molecular formula is C20H30N2O3. The van der Waals surface area contributed by atoms with Crippen LogP contribution in [0, 0.1) is 17.2 Å². The quantitative estimate of drug-likeness (QED) is 0.676. The molecule has 0 aliphatic rings. The van der Waals surface area contributed by atoms with Gasteiger partial charge in [0.05, 0.1) is 12.2 Å². The topological polar surface area (TPSA) is 71.3 Å². The smallest absolute Gasteiger partial charge is 0.256 e. The van der Waals surface area contributed by atoms with Crippen LogP contribution in [0.5, 0.6) is 5.75 Å². The molecule has 1 N–H and O–H groups in total. The van der Waals surface area contributed by atoms with Crippen molar-refractivity contribution in [2.45, 2.75) is 59.5 Å². The number of rotatable bonds is 10. The molecule has 1 aromatic carbocycles. The Morgan fingerprint density at radius 2 is 2.08 bits per heavy atom. The molecule has 0 aliphatic carbocycles. The van der Waals surface area contributed by atoms with Gasteiger partial charge in [0.1, 0.15) is 17.4 Å². The SMILES string of the molecule is CCCC[C@@](C)(OCC)C(=O)Nc1ccc(OCC(C)C)c(C#N)c1. The number of hydrogen-bond donors (Lipinski definition) is 1. The van der Waals surface area contributed by atoms with E-state index in [9.17, 15) is 10.1 Å². The first kappa shape index (κ1) is 21.0. The van der Waals surface area contributed by atoms with Gasteiger partial charge >= 0.3 is 0 Å². The molecule has 0 spiro atoms. The number of carbonyl (C=O) groups is 1. The summed E-state index contributed by atoms with van der Waals surface area (Å²) < 4.78 is 11.4. The fourth-order valence-electron chi connectivity index (χ4n) is 2.42. The van der Waals surface area contributed by atoms with E-state index in [-0.39, 0.29) is 5.91 Å². The number of ether oxygens (including phenoxy) is 2. The summed E-state index contributed by atoms with van der Waals surface area (Å²) in [5.74, 6) is 0.715. The Bertz CT molecular complexity index is 607. The summed E-state index contributed by atoms with van der Waals surface area (Å²) in [7, 11) is 0. The van der Waals surface area contributed by atoms with Crippen molar-refractivity contribution in [2.24, 2.45) is 5.92 Å². The Balaban J connectivity index is 2.90. The zero-order valence-electron chi connectivity index (χ0n) is 16.0. The lowest BCUT2D eigenvalue weighted by Crippen LogP contribution is -2.42. The molecule has 1 aromatic rings. The molecule has 0 saturated heterocycles. The first-order valence-corrected chi connectivity index (χ1v) is 8.98. The number of nitrogens with one attached hydrogen (secondary N) is 1. The third-order valence-electron chi connectivity index (χ3n) is 3.88. The highest BCUT2D eigenvalue weighted by atomic mass is 16.5. The summed E-state index contributed by atoms with van der Waals surface area (Å²) in [5.41, 5.74) is 0.107. The number of nitrogens with zero attached hydrogens (tertiary/aromatic N) is 1. The summed E-state index contributed by atoms with van der Waals surface area (Å²) in [6.45, 7) is 10.9.